The van der Waals surface area contributed by atoms with Gasteiger partial charge in [-0.1, -0.05) is 37.9 Å². The molecule has 44 nitrogen and oxygen atoms in total. The molecule has 48 heteroatoms. The number of aliphatic hydroxyl groups is 3. The predicted octanol–water partition coefficient (Wildman–Crippen LogP) is -1.92. The second-order valence-electron chi connectivity index (χ2n) is 21.6. The Bertz CT molecular complexity index is 4260. The van der Waals surface area contributed by atoms with E-state index in [0.717, 1.165) is 28.1 Å². The van der Waals surface area contributed by atoms with E-state index in [2.05, 4.69) is 53.8 Å². The second kappa shape index (κ2) is 26.0. The summed E-state index contributed by atoms with van der Waals surface area (Å²) in [5.41, 5.74) is 14.4. The van der Waals surface area contributed by atoms with E-state index in [1.54, 1.807) is 26.8 Å². The Balaban J connectivity index is 0.824. The highest BCUT2D eigenvalue weighted by Crippen LogP contribution is 2.68. The van der Waals surface area contributed by atoms with Crippen molar-refractivity contribution < 1.29 is 118 Å². The van der Waals surface area contributed by atoms with Crippen LogP contribution in [0.2, 0.25) is 0 Å². The third-order valence-corrected chi connectivity index (χ3v) is 19.5. The van der Waals surface area contributed by atoms with Gasteiger partial charge in [0.2, 0.25) is 24.1 Å². The minimum atomic E-state index is -6.35. The van der Waals surface area contributed by atoms with Crippen molar-refractivity contribution >= 4 is 94.6 Å². The van der Waals surface area contributed by atoms with E-state index in [0.29, 0.717) is 0 Å². The lowest BCUT2D eigenvalue weighted by Gasteiger charge is -2.31. The lowest BCUT2D eigenvalue weighted by atomic mass is 9.84. The number of nitro benzene ring substituents is 1. The number of nitrogens with zero attached hydrogens (tertiary/aromatic N) is 11. The molecule has 3 fully saturated rings. The van der Waals surface area contributed by atoms with Crippen molar-refractivity contribution in [1.82, 2.24) is 58.9 Å². The summed E-state index contributed by atoms with van der Waals surface area (Å²) in [6.45, 7) is 0.820. The van der Waals surface area contributed by atoms with Gasteiger partial charge < -0.3 is 81.1 Å². The minimum Gasteiger partial charge on any atom is -0.387 e. The summed E-state index contributed by atoms with van der Waals surface area (Å²) in [5, 5.41) is 47.9. The summed E-state index contributed by atoms with van der Waals surface area (Å²) >= 11 is 0. The van der Waals surface area contributed by atoms with Crippen LogP contribution in [0.25, 0.3) is 33.5 Å². The molecule has 0 bridgehead atoms. The molecule has 0 radical (unpaired) electrons. The molecular weight excluding hydrogens is 1320 g/mol. The Hall–Kier alpha value is -7.06. The third-order valence-electron chi connectivity index (χ3n) is 14.3. The van der Waals surface area contributed by atoms with Crippen LogP contribution in [0.3, 0.4) is 0 Å². The number of para-hydroxylation sites is 1. The van der Waals surface area contributed by atoms with Gasteiger partial charge in [-0.05, 0) is 11.5 Å². The van der Waals surface area contributed by atoms with Crippen LogP contribution < -0.4 is 38.2 Å². The highest BCUT2D eigenvalue weighted by atomic mass is 31.3. The van der Waals surface area contributed by atoms with Crippen LogP contribution in [0.4, 0.5) is 23.4 Å². The van der Waals surface area contributed by atoms with Gasteiger partial charge in [0, 0.05) is 6.07 Å². The Kier molecular flexibility index (Phi) is 19.2. The SMILES string of the molecule is Cn1c[n+]([C@@H]2O[C@H](COP(=O)(O)OP(=O)(O)OP(=O)(O)OC[C@H]3O[C@@H](n4cnc5c(N)ncnc54)[C@@H](NC=O)C3OP(=O)(O)OC[C@H]3O[C@@H](n4cnc5c(=O)[nH]c(N)nc54)[C@@H](O)C3O)[C@H](O)C2OCOC(c2ccccc2[N+](=O)[O-])C(C)(C)C)c2nc(N)[nH]c(=O)c21. The predicted molar refractivity (Wildman–Crippen MR) is 301 cm³/mol. The summed E-state index contributed by atoms with van der Waals surface area (Å²) in [5.74, 6) is -0.844. The minimum absolute atomic E-state index is 0.0269. The number of hydrogen-bond acceptors (Lipinski definition) is 32. The lowest BCUT2D eigenvalue weighted by molar-refractivity contribution is -0.746. The van der Waals surface area contributed by atoms with E-state index >= 15 is 0 Å². The van der Waals surface area contributed by atoms with Gasteiger partial charge >= 0.3 is 36.9 Å². The number of nitro groups is 1. The fraction of sp³-hybridized carbons (Fsp3) is 0.500. The number of aromatic amines is 2. The van der Waals surface area contributed by atoms with Crippen LogP contribution in [0.1, 0.15) is 51.1 Å². The van der Waals surface area contributed by atoms with Crippen molar-refractivity contribution in [3.8, 4) is 0 Å². The number of phosphoric ester groups is 3. The van der Waals surface area contributed by atoms with Gasteiger partial charge in [-0.15, -0.1) is 0 Å². The number of fused-ring (bicyclic) bond motifs is 3. The van der Waals surface area contributed by atoms with Crippen molar-refractivity contribution in [1.29, 1.82) is 0 Å². The first-order chi connectivity index (χ1) is 43.2. The van der Waals surface area contributed by atoms with Gasteiger partial charge in [0.05, 0.1) is 56.1 Å². The van der Waals surface area contributed by atoms with Crippen molar-refractivity contribution in [2.45, 2.75) is 100 Å². The normalized spacial score (nSPS) is 27.4. The Morgan fingerprint density at radius 3 is 2.03 bits per heavy atom. The number of amides is 1. The van der Waals surface area contributed by atoms with Gasteiger partial charge in [0.15, 0.2) is 41.4 Å². The lowest BCUT2D eigenvalue weighted by Crippen LogP contribution is -2.47. The molecule has 8 unspecified atom stereocenters. The van der Waals surface area contributed by atoms with Crippen molar-refractivity contribution in [3.63, 3.8) is 0 Å². The topological polar surface area (TPSA) is 623 Å². The number of nitrogens with one attached hydrogen (secondary N) is 3. The summed E-state index contributed by atoms with van der Waals surface area (Å²) in [7, 11) is -22.6. The number of ether oxygens (including phenoxy) is 5. The summed E-state index contributed by atoms with van der Waals surface area (Å²) in [6, 6.07) is 4.08. The first kappa shape index (κ1) is 67.8. The summed E-state index contributed by atoms with van der Waals surface area (Å²) in [4.78, 5) is 121. The molecule has 0 spiro atoms. The van der Waals surface area contributed by atoms with Gasteiger partial charge in [-0.2, -0.15) is 13.6 Å². The number of H-pyrrole nitrogens is 2. The number of aliphatic hydroxyl groups excluding tert-OH is 3. The molecule has 7 aromatic rings. The van der Waals surface area contributed by atoms with Crippen molar-refractivity contribution in [3.05, 3.63) is 86.0 Å². The number of phosphoric acid groups is 4. The molecule has 0 saturated carbocycles. The first-order valence-corrected chi connectivity index (χ1v) is 32.6. The molecule has 6 aromatic heterocycles. The quantitative estimate of drug-likeness (QED) is 0.00702. The molecule has 0 aliphatic carbocycles. The smallest absolute Gasteiger partial charge is 0.387 e. The van der Waals surface area contributed by atoms with E-state index < -0.39 is 159 Å². The Morgan fingerprint density at radius 1 is 0.772 bits per heavy atom. The maximum atomic E-state index is 13.8. The number of anilines is 3. The molecule has 17 atom stereocenters. The summed E-state index contributed by atoms with van der Waals surface area (Å²) in [6.07, 6.45) is -15.9. The number of rotatable bonds is 26. The van der Waals surface area contributed by atoms with E-state index in [-0.39, 0.29) is 68.9 Å². The number of hydrogen-bond donors (Lipinski definition) is 13. The number of aryl methyl sites for hydroxylation is 1. The molecule has 500 valence electrons. The van der Waals surface area contributed by atoms with Crippen LogP contribution in [-0.4, -0.2) is 181 Å². The molecule has 1 aromatic carbocycles. The number of nitrogen functional groups attached to an aromatic ring is 3. The molecule has 1 amide bonds. The maximum absolute atomic E-state index is 13.8. The molecule has 10 rings (SSSR count). The number of imidazole rings is 3. The number of carbonyl (C=O) groups is 1. The maximum Gasteiger partial charge on any atom is 0.490 e. The Morgan fingerprint density at radius 2 is 1.37 bits per heavy atom. The highest BCUT2D eigenvalue weighted by Gasteiger charge is 2.54. The van der Waals surface area contributed by atoms with Crippen LogP contribution >= 0.6 is 31.3 Å². The zero-order chi connectivity index (χ0) is 66.7. The van der Waals surface area contributed by atoms with Gasteiger partial charge in [-0.25, -0.2) is 42.8 Å². The zero-order valence-corrected chi connectivity index (χ0v) is 51.3. The first-order valence-electron chi connectivity index (χ1n) is 26.6. The largest absolute Gasteiger partial charge is 0.490 e. The monoisotopic (exact) mass is 1380 g/mol. The van der Waals surface area contributed by atoms with E-state index in [9.17, 15) is 77.7 Å². The standard InChI is InChI=1S/C44H57N17O27P4/c1-44(2,3)32(18-7-5-6-8-19(18)61(68)69)79-17-78-31-28(64)21(84-41(31)60-16-57(4)26-36(60)54-43(47)56-38(26)67)10-81-90(72,73)87-92(76,77)88-91(74,75)82-11-22-30(23(52-15-62)39(85-22)58-13-50-24-33(45)48-12-49-34(24)58)86-89(70,71)80-9-20-27(63)29(65)40(83-20)59-14-51-25-35(59)53-42(46)55-37(25)66/h5-8,12-16,20-23,27-32,39-41,63-65H,9-11,17H2,1-4H3,(H12-,45,46,47,48,49,52,53,54,55,56,62,66,67,70,71,72,73,74,75,76,77)/p+1/t20-,21-,22-,23+,27?,28+,29+,30?,31?,32?,39-,40-,41-/m1/s1. The third kappa shape index (κ3) is 14.2. The van der Waals surface area contributed by atoms with E-state index in [4.69, 9.17) is 59.0 Å². The van der Waals surface area contributed by atoms with Crippen LogP contribution in [0.5, 0.6) is 0 Å². The fourth-order valence-electron chi connectivity index (χ4n) is 10.4. The van der Waals surface area contributed by atoms with Crippen molar-refractivity contribution in [2.24, 2.45) is 12.5 Å². The molecule has 3 aliphatic rings. The zero-order valence-electron chi connectivity index (χ0n) is 47.8. The molecule has 92 heavy (non-hydrogen) atoms. The molecule has 9 heterocycles. The van der Waals surface area contributed by atoms with Gasteiger partial charge in [0.1, 0.15) is 73.5 Å². The number of carbonyl (C=O) groups excluding carboxylic acids is 1. The van der Waals surface area contributed by atoms with E-state index in [1.807, 2.05) is 0 Å². The number of aromatic nitrogens is 12. The average molecular weight is 1380 g/mol. The fourth-order valence-corrected chi connectivity index (χ4v) is 14.9. The van der Waals surface area contributed by atoms with Gasteiger partial charge in [0.25, 0.3) is 22.8 Å². The van der Waals surface area contributed by atoms with E-state index in [1.165, 1.54) is 40.7 Å². The van der Waals surface area contributed by atoms with Crippen LogP contribution in [-0.2, 0) is 80.5 Å². The average Bonchev–Trinajstić information content (AvgIpc) is 1.62. The van der Waals surface area contributed by atoms with Gasteiger partial charge in [-0.3, -0.25) is 66.3 Å². The summed E-state index contributed by atoms with van der Waals surface area (Å²) < 4.78 is 118. The Labute approximate surface area is 512 Å². The number of benzene rings is 1. The highest BCUT2D eigenvalue weighted by molar-refractivity contribution is 7.66. The molecule has 16 N–H and O–H groups in total. The number of nitrogens with two attached hydrogens (primary N) is 3. The molecular formula is C44H58N17O27P4+. The van der Waals surface area contributed by atoms with Crippen LogP contribution in [0.15, 0.2) is 59.2 Å². The van der Waals surface area contributed by atoms with Crippen molar-refractivity contribution in [2.75, 3.05) is 43.8 Å². The second-order valence-corrected chi connectivity index (χ2v) is 27.6. The molecule has 3 aliphatic heterocycles. The van der Waals surface area contributed by atoms with Crippen LogP contribution in [0, 0.1) is 15.5 Å². The molecule has 3 saturated heterocycles.